The second kappa shape index (κ2) is 8.31. The van der Waals surface area contributed by atoms with Crippen molar-refractivity contribution in [2.45, 2.75) is 25.8 Å². The standard InChI is InChI=1S/C17H20F2N2O4S/c1-12(17(22)20-9-3-5-14-6-4-10-25-14)21(26(2,23)24)13-7-8-15(18)16(19)11-13/h4,6-8,10-12H,3,5,9H2,1-2H3,(H,20,22). The SMILES string of the molecule is CC(C(=O)NCCCc1ccco1)N(c1ccc(F)c(F)c1)S(C)(=O)=O. The molecule has 142 valence electrons. The molecule has 26 heavy (non-hydrogen) atoms. The summed E-state index contributed by atoms with van der Waals surface area (Å²) >= 11 is 0. The van der Waals surface area contributed by atoms with Gasteiger partial charge in [-0.1, -0.05) is 0 Å². The third-order valence-electron chi connectivity index (χ3n) is 3.73. The number of nitrogens with zero attached hydrogens (tertiary/aromatic N) is 1. The third kappa shape index (κ3) is 5.04. The van der Waals surface area contributed by atoms with Gasteiger partial charge in [-0.15, -0.1) is 0 Å². The summed E-state index contributed by atoms with van der Waals surface area (Å²) in [6, 6.07) is 5.13. The zero-order chi connectivity index (χ0) is 19.3. The average Bonchev–Trinajstić information content (AvgIpc) is 3.07. The van der Waals surface area contributed by atoms with Crippen LogP contribution in [0.3, 0.4) is 0 Å². The van der Waals surface area contributed by atoms with E-state index < -0.39 is 33.6 Å². The van der Waals surface area contributed by atoms with E-state index in [4.69, 9.17) is 4.42 Å². The van der Waals surface area contributed by atoms with Crippen LogP contribution < -0.4 is 9.62 Å². The molecule has 1 N–H and O–H groups in total. The molecular formula is C17H20F2N2O4S. The Kier molecular flexibility index (Phi) is 6.36. The van der Waals surface area contributed by atoms with Crippen molar-refractivity contribution in [1.82, 2.24) is 5.32 Å². The maximum atomic E-state index is 13.5. The number of aryl methyl sites for hydroxylation is 1. The number of benzene rings is 1. The zero-order valence-corrected chi connectivity index (χ0v) is 15.2. The fraction of sp³-hybridized carbons (Fsp3) is 0.353. The lowest BCUT2D eigenvalue weighted by molar-refractivity contribution is -0.121. The molecule has 0 aliphatic carbocycles. The van der Waals surface area contributed by atoms with Gasteiger partial charge in [0.1, 0.15) is 11.8 Å². The van der Waals surface area contributed by atoms with Crippen molar-refractivity contribution >= 4 is 21.6 Å². The first-order valence-corrected chi connectivity index (χ1v) is 9.79. The number of furan rings is 1. The molecule has 0 radical (unpaired) electrons. The van der Waals surface area contributed by atoms with E-state index in [-0.39, 0.29) is 5.69 Å². The van der Waals surface area contributed by atoms with Crippen LogP contribution in [0.15, 0.2) is 41.0 Å². The highest BCUT2D eigenvalue weighted by molar-refractivity contribution is 7.92. The molecule has 0 bridgehead atoms. The molecule has 0 spiro atoms. The van der Waals surface area contributed by atoms with E-state index in [0.29, 0.717) is 19.4 Å². The van der Waals surface area contributed by atoms with E-state index in [1.54, 1.807) is 12.3 Å². The maximum absolute atomic E-state index is 13.5. The van der Waals surface area contributed by atoms with Crippen LogP contribution in [0.25, 0.3) is 0 Å². The molecule has 0 saturated carbocycles. The van der Waals surface area contributed by atoms with Crippen LogP contribution >= 0.6 is 0 Å². The van der Waals surface area contributed by atoms with Gasteiger partial charge in [-0.05, 0) is 37.6 Å². The average molecular weight is 386 g/mol. The summed E-state index contributed by atoms with van der Waals surface area (Å²) in [5.41, 5.74) is -0.121. The lowest BCUT2D eigenvalue weighted by atomic mass is 10.2. The Balaban J connectivity index is 2.04. The Morgan fingerprint density at radius 1 is 1.27 bits per heavy atom. The highest BCUT2D eigenvalue weighted by atomic mass is 32.2. The van der Waals surface area contributed by atoms with Crippen LogP contribution in [0.4, 0.5) is 14.5 Å². The van der Waals surface area contributed by atoms with Gasteiger partial charge in [-0.25, -0.2) is 17.2 Å². The minimum absolute atomic E-state index is 0.121. The fourth-order valence-corrected chi connectivity index (χ4v) is 3.67. The summed E-state index contributed by atoms with van der Waals surface area (Å²) in [6.07, 6.45) is 3.69. The van der Waals surface area contributed by atoms with E-state index in [9.17, 15) is 22.0 Å². The van der Waals surface area contributed by atoms with Crippen molar-refractivity contribution in [2.24, 2.45) is 0 Å². The summed E-state index contributed by atoms with van der Waals surface area (Å²) in [6.45, 7) is 1.70. The number of rotatable bonds is 8. The number of anilines is 1. The largest absolute Gasteiger partial charge is 0.469 e. The molecule has 9 heteroatoms. The fourth-order valence-electron chi connectivity index (χ4n) is 2.51. The van der Waals surface area contributed by atoms with Gasteiger partial charge in [0.05, 0.1) is 18.2 Å². The van der Waals surface area contributed by atoms with Crippen LogP contribution in [-0.4, -0.2) is 33.2 Å². The van der Waals surface area contributed by atoms with Crippen molar-refractivity contribution in [1.29, 1.82) is 0 Å². The van der Waals surface area contributed by atoms with Crippen LogP contribution in [0, 0.1) is 11.6 Å². The van der Waals surface area contributed by atoms with Gasteiger partial charge < -0.3 is 9.73 Å². The van der Waals surface area contributed by atoms with Gasteiger partial charge in [0, 0.05) is 19.0 Å². The number of nitrogens with one attached hydrogen (secondary N) is 1. The van der Waals surface area contributed by atoms with E-state index in [0.717, 1.165) is 34.5 Å². The van der Waals surface area contributed by atoms with Crippen molar-refractivity contribution in [3.63, 3.8) is 0 Å². The second-order valence-corrected chi connectivity index (χ2v) is 7.67. The summed E-state index contributed by atoms with van der Waals surface area (Å²) in [5, 5.41) is 2.64. The van der Waals surface area contributed by atoms with Crippen molar-refractivity contribution < 1.29 is 26.4 Å². The van der Waals surface area contributed by atoms with Gasteiger partial charge in [-0.2, -0.15) is 0 Å². The Labute approximate surface area is 150 Å². The molecule has 1 aromatic heterocycles. The minimum atomic E-state index is -3.89. The Bertz CT molecular complexity index is 854. The molecule has 1 heterocycles. The summed E-state index contributed by atoms with van der Waals surface area (Å²) in [7, 11) is -3.89. The molecule has 1 aromatic carbocycles. The van der Waals surface area contributed by atoms with Crippen molar-refractivity contribution in [2.75, 3.05) is 17.1 Å². The number of carbonyl (C=O) groups is 1. The highest BCUT2D eigenvalue weighted by Crippen LogP contribution is 2.23. The maximum Gasteiger partial charge on any atom is 0.243 e. The van der Waals surface area contributed by atoms with Gasteiger partial charge >= 0.3 is 0 Å². The quantitative estimate of drug-likeness (QED) is 0.707. The van der Waals surface area contributed by atoms with E-state index in [1.807, 2.05) is 6.07 Å². The summed E-state index contributed by atoms with van der Waals surface area (Å²) < 4.78 is 56.7. The molecule has 1 amide bonds. The molecule has 2 aromatic rings. The van der Waals surface area contributed by atoms with Gasteiger partial charge in [0.25, 0.3) is 0 Å². The van der Waals surface area contributed by atoms with Crippen LogP contribution in [0.2, 0.25) is 0 Å². The monoisotopic (exact) mass is 386 g/mol. The normalized spacial score (nSPS) is 12.6. The Morgan fingerprint density at radius 3 is 2.58 bits per heavy atom. The number of hydrogen-bond acceptors (Lipinski definition) is 4. The van der Waals surface area contributed by atoms with Crippen LogP contribution in [0.1, 0.15) is 19.1 Å². The molecule has 0 fully saturated rings. The van der Waals surface area contributed by atoms with Crippen LogP contribution in [-0.2, 0) is 21.2 Å². The molecule has 6 nitrogen and oxygen atoms in total. The number of hydrogen-bond donors (Lipinski definition) is 1. The first kappa shape index (κ1) is 19.9. The third-order valence-corrected chi connectivity index (χ3v) is 4.97. The van der Waals surface area contributed by atoms with Gasteiger partial charge in [-0.3, -0.25) is 9.10 Å². The first-order chi connectivity index (χ1) is 12.2. The molecule has 0 aliphatic heterocycles. The van der Waals surface area contributed by atoms with Gasteiger partial charge in [0.15, 0.2) is 11.6 Å². The van der Waals surface area contributed by atoms with E-state index in [2.05, 4.69) is 5.32 Å². The molecule has 1 atom stereocenters. The summed E-state index contributed by atoms with van der Waals surface area (Å²) in [5.74, 6) is -2.05. The smallest absolute Gasteiger partial charge is 0.243 e. The summed E-state index contributed by atoms with van der Waals surface area (Å²) in [4.78, 5) is 12.3. The number of carbonyl (C=O) groups excluding carboxylic acids is 1. The molecule has 2 rings (SSSR count). The Hall–Kier alpha value is -2.42. The number of sulfonamides is 1. The predicted molar refractivity (Wildman–Crippen MR) is 93.2 cm³/mol. The minimum Gasteiger partial charge on any atom is -0.469 e. The topological polar surface area (TPSA) is 79.6 Å². The molecule has 1 unspecified atom stereocenters. The zero-order valence-electron chi connectivity index (χ0n) is 14.4. The Morgan fingerprint density at radius 2 is 2.00 bits per heavy atom. The van der Waals surface area contributed by atoms with Crippen molar-refractivity contribution in [3.8, 4) is 0 Å². The molecular weight excluding hydrogens is 366 g/mol. The highest BCUT2D eigenvalue weighted by Gasteiger charge is 2.29. The van der Waals surface area contributed by atoms with Crippen LogP contribution in [0.5, 0.6) is 0 Å². The lowest BCUT2D eigenvalue weighted by Crippen LogP contribution is -2.48. The lowest BCUT2D eigenvalue weighted by Gasteiger charge is -2.28. The molecule has 0 saturated heterocycles. The van der Waals surface area contributed by atoms with E-state index >= 15 is 0 Å². The molecule has 0 aliphatic rings. The first-order valence-electron chi connectivity index (χ1n) is 7.94. The van der Waals surface area contributed by atoms with Gasteiger partial charge in [0.2, 0.25) is 15.9 Å². The number of halogens is 2. The predicted octanol–water partition coefficient (Wildman–Crippen LogP) is 2.46. The second-order valence-electron chi connectivity index (χ2n) is 5.81. The van der Waals surface area contributed by atoms with Crippen molar-refractivity contribution in [3.05, 3.63) is 54.0 Å². The number of amides is 1. The van der Waals surface area contributed by atoms with E-state index in [1.165, 1.54) is 6.92 Å².